The van der Waals surface area contributed by atoms with E-state index in [1.807, 2.05) is 12.1 Å². The Morgan fingerprint density at radius 2 is 1.76 bits per heavy atom. The third-order valence-electron chi connectivity index (χ3n) is 6.53. The lowest BCUT2D eigenvalue weighted by atomic mass is 10.1. The van der Waals surface area contributed by atoms with Crippen molar-refractivity contribution in [3.63, 3.8) is 0 Å². The molecule has 182 valence electrons. The molecule has 0 unspecified atom stereocenters. The highest BCUT2D eigenvalue weighted by Gasteiger charge is 2.17. The molecule has 3 aromatic rings. The minimum Gasteiger partial charge on any atom is -0.493 e. The number of anilines is 1. The fourth-order valence-electron chi connectivity index (χ4n) is 4.62. The van der Waals surface area contributed by atoms with Crippen molar-refractivity contribution in [3.05, 3.63) is 47.8 Å². The lowest BCUT2D eigenvalue weighted by Crippen LogP contribution is -2.26. The number of benzene rings is 2. The molecular formula is C27H36N4O3. The molecular weight excluding hydrogens is 428 g/mol. The summed E-state index contributed by atoms with van der Waals surface area (Å²) in [6, 6.07) is 11.2. The fraction of sp³-hybridized carbons (Fsp3) is 0.481. The Morgan fingerprint density at radius 1 is 1.00 bits per heavy atom. The highest BCUT2D eigenvalue weighted by atomic mass is 16.5. The summed E-state index contributed by atoms with van der Waals surface area (Å²) >= 11 is 0. The topological polar surface area (TPSA) is 68.6 Å². The molecule has 1 aliphatic heterocycles. The first-order valence-electron chi connectivity index (χ1n) is 12.4. The number of likely N-dealkylation sites (tertiary alicyclic amines) is 1. The largest absolute Gasteiger partial charge is 0.493 e. The van der Waals surface area contributed by atoms with Gasteiger partial charge in [0.2, 0.25) is 0 Å². The van der Waals surface area contributed by atoms with Crippen molar-refractivity contribution in [2.24, 2.45) is 0 Å². The molecule has 0 spiro atoms. The van der Waals surface area contributed by atoms with Crippen molar-refractivity contribution < 1.29 is 14.3 Å². The van der Waals surface area contributed by atoms with E-state index in [0.29, 0.717) is 17.1 Å². The van der Waals surface area contributed by atoms with Crippen LogP contribution in [0.15, 0.2) is 36.4 Å². The number of nitrogens with zero attached hydrogens (tertiary/aromatic N) is 3. The summed E-state index contributed by atoms with van der Waals surface area (Å²) < 4.78 is 13.0. The summed E-state index contributed by atoms with van der Waals surface area (Å²) in [5, 5.41) is 3.01. The zero-order valence-electron chi connectivity index (χ0n) is 20.6. The van der Waals surface area contributed by atoms with Gasteiger partial charge < -0.3 is 19.4 Å². The van der Waals surface area contributed by atoms with E-state index in [-0.39, 0.29) is 5.91 Å². The summed E-state index contributed by atoms with van der Waals surface area (Å²) in [7, 11) is 3.14. The van der Waals surface area contributed by atoms with Crippen molar-refractivity contribution in [2.45, 2.75) is 58.5 Å². The number of carbonyl (C=O) groups is 1. The summed E-state index contributed by atoms with van der Waals surface area (Å²) in [4.78, 5) is 20.4. The van der Waals surface area contributed by atoms with Crippen molar-refractivity contribution in [3.8, 4) is 11.5 Å². The highest BCUT2D eigenvalue weighted by Crippen LogP contribution is 2.28. The Labute approximate surface area is 202 Å². The first kappa shape index (κ1) is 24.1. The van der Waals surface area contributed by atoms with Gasteiger partial charge in [-0.3, -0.25) is 9.69 Å². The highest BCUT2D eigenvalue weighted by molar-refractivity contribution is 6.05. The summed E-state index contributed by atoms with van der Waals surface area (Å²) in [5.41, 5.74) is 3.29. The molecule has 0 aliphatic carbocycles. The average Bonchev–Trinajstić information content (AvgIpc) is 2.99. The van der Waals surface area contributed by atoms with Crippen LogP contribution in [0.25, 0.3) is 11.0 Å². The van der Waals surface area contributed by atoms with Crippen LogP contribution in [0.3, 0.4) is 0 Å². The Morgan fingerprint density at radius 3 is 2.47 bits per heavy atom. The van der Waals surface area contributed by atoms with Crippen LogP contribution in [0, 0.1) is 0 Å². The van der Waals surface area contributed by atoms with Crippen molar-refractivity contribution in [1.82, 2.24) is 14.5 Å². The van der Waals surface area contributed by atoms with Gasteiger partial charge in [0, 0.05) is 17.8 Å². The number of unbranched alkanes of at least 4 members (excludes halogenated alkanes) is 1. The number of aryl methyl sites for hydroxylation is 1. The van der Waals surface area contributed by atoms with E-state index in [0.717, 1.165) is 61.6 Å². The number of rotatable bonds is 9. The molecule has 1 aliphatic rings. The molecule has 0 saturated carbocycles. The van der Waals surface area contributed by atoms with Crippen LogP contribution in [0.4, 0.5) is 5.69 Å². The van der Waals surface area contributed by atoms with Crippen LogP contribution in [0.5, 0.6) is 11.5 Å². The second-order valence-electron chi connectivity index (χ2n) is 8.95. The minimum absolute atomic E-state index is 0.199. The molecule has 1 fully saturated rings. The van der Waals surface area contributed by atoms with Crippen LogP contribution in [-0.2, 0) is 13.1 Å². The molecule has 1 N–H and O–H groups in total. The number of hydrogen-bond acceptors (Lipinski definition) is 5. The van der Waals surface area contributed by atoms with E-state index in [9.17, 15) is 4.79 Å². The predicted molar refractivity (Wildman–Crippen MR) is 136 cm³/mol. The number of amides is 1. The number of ether oxygens (including phenoxy) is 2. The zero-order chi connectivity index (χ0) is 23.9. The summed E-state index contributed by atoms with van der Waals surface area (Å²) in [6.07, 6.45) is 7.44. The molecule has 34 heavy (non-hydrogen) atoms. The van der Waals surface area contributed by atoms with Gasteiger partial charge in [-0.25, -0.2) is 4.98 Å². The number of carbonyl (C=O) groups excluding carboxylic acids is 1. The van der Waals surface area contributed by atoms with E-state index in [1.54, 1.807) is 32.4 Å². The standard InChI is InChI=1S/C27H36N4O3/c1-4-5-16-31-23-12-11-21(28-27(32)20-10-13-24(33-2)25(17-20)34-3)18-22(23)29-26(31)19-30-14-8-6-7-9-15-30/h10-13,17-18H,4-9,14-16,19H2,1-3H3,(H,28,32). The second-order valence-corrected chi connectivity index (χ2v) is 8.95. The Hall–Kier alpha value is -3.06. The molecule has 7 heteroatoms. The number of aromatic nitrogens is 2. The number of nitrogens with one attached hydrogen (secondary N) is 1. The molecule has 2 aromatic carbocycles. The maximum Gasteiger partial charge on any atom is 0.255 e. The minimum atomic E-state index is -0.199. The van der Waals surface area contributed by atoms with Crippen LogP contribution in [-0.4, -0.2) is 47.7 Å². The third kappa shape index (κ3) is 5.53. The first-order valence-corrected chi connectivity index (χ1v) is 12.4. The maximum absolute atomic E-state index is 12.9. The number of imidazole rings is 1. The second kappa shape index (κ2) is 11.4. The smallest absolute Gasteiger partial charge is 0.255 e. The molecule has 1 aromatic heterocycles. The lowest BCUT2D eigenvalue weighted by Gasteiger charge is -2.20. The van der Waals surface area contributed by atoms with Crippen molar-refractivity contribution in [2.75, 3.05) is 32.6 Å². The van der Waals surface area contributed by atoms with E-state index in [4.69, 9.17) is 14.5 Å². The molecule has 4 rings (SSSR count). The van der Waals surface area contributed by atoms with Gasteiger partial charge in [-0.2, -0.15) is 0 Å². The van der Waals surface area contributed by atoms with Gasteiger partial charge in [0.1, 0.15) is 5.82 Å². The van der Waals surface area contributed by atoms with Gasteiger partial charge in [-0.15, -0.1) is 0 Å². The van der Waals surface area contributed by atoms with E-state index in [2.05, 4.69) is 27.8 Å². The van der Waals surface area contributed by atoms with Crippen LogP contribution >= 0.6 is 0 Å². The van der Waals surface area contributed by atoms with E-state index >= 15 is 0 Å². The monoisotopic (exact) mass is 464 g/mol. The van der Waals surface area contributed by atoms with Crippen LogP contribution in [0.2, 0.25) is 0 Å². The maximum atomic E-state index is 12.9. The van der Waals surface area contributed by atoms with Gasteiger partial charge in [0.25, 0.3) is 5.91 Å². The van der Waals surface area contributed by atoms with Crippen LogP contribution < -0.4 is 14.8 Å². The van der Waals surface area contributed by atoms with Gasteiger partial charge in [-0.05, 0) is 68.8 Å². The lowest BCUT2D eigenvalue weighted by molar-refractivity contribution is 0.102. The summed E-state index contributed by atoms with van der Waals surface area (Å²) in [5.74, 6) is 2.04. The Bertz CT molecular complexity index is 1120. The number of methoxy groups -OCH3 is 2. The normalized spacial score (nSPS) is 14.7. The molecule has 0 bridgehead atoms. The number of hydrogen-bond donors (Lipinski definition) is 1. The van der Waals surface area contributed by atoms with Crippen LogP contribution in [0.1, 0.15) is 61.6 Å². The molecule has 2 heterocycles. The fourth-order valence-corrected chi connectivity index (χ4v) is 4.62. The Kier molecular flexibility index (Phi) is 8.06. The first-order chi connectivity index (χ1) is 16.6. The molecule has 1 saturated heterocycles. The zero-order valence-corrected chi connectivity index (χ0v) is 20.6. The number of fused-ring (bicyclic) bond motifs is 1. The van der Waals surface area contributed by atoms with Crippen molar-refractivity contribution in [1.29, 1.82) is 0 Å². The Balaban J connectivity index is 1.57. The average molecular weight is 465 g/mol. The quantitative estimate of drug-likeness (QED) is 0.454. The summed E-state index contributed by atoms with van der Waals surface area (Å²) in [6.45, 7) is 6.35. The van der Waals surface area contributed by atoms with Gasteiger partial charge >= 0.3 is 0 Å². The molecule has 1 amide bonds. The van der Waals surface area contributed by atoms with Crippen molar-refractivity contribution >= 4 is 22.6 Å². The molecule has 0 atom stereocenters. The van der Waals surface area contributed by atoms with Gasteiger partial charge in [-0.1, -0.05) is 26.2 Å². The molecule has 0 radical (unpaired) electrons. The SMILES string of the molecule is CCCCn1c(CN2CCCCCC2)nc2cc(NC(=O)c3ccc(OC)c(OC)c3)ccc21. The van der Waals surface area contributed by atoms with Gasteiger partial charge in [0.15, 0.2) is 11.5 Å². The third-order valence-corrected chi connectivity index (χ3v) is 6.53. The molecule has 7 nitrogen and oxygen atoms in total. The predicted octanol–water partition coefficient (Wildman–Crippen LogP) is 5.48. The van der Waals surface area contributed by atoms with E-state index < -0.39 is 0 Å². The van der Waals surface area contributed by atoms with E-state index in [1.165, 1.54) is 25.7 Å². The van der Waals surface area contributed by atoms with Gasteiger partial charge in [0.05, 0.1) is 31.8 Å².